The topological polar surface area (TPSA) is 81.2 Å². The van der Waals surface area contributed by atoms with E-state index in [1.54, 1.807) is 6.20 Å². The molecule has 6 heteroatoms. The van der Waals surface area contributed by atoms with Crippen molar-refractivity contribution in [3.05, 3.63) is 12.5 Å². The van der Waals surface area contributed by atoms with E-state index in [-0.39, 0.29) is 11.2 Å². The number of thioether (sulfide) groups is 1. The molecular formula is C11H19N3O2S. The molecule has 1 heterocycles. The summed E-state index contributed by atoms with van der Waals surface area (Å²) in [4.78, 5) is 15.5. The van der Waals surface area contributed by atoms with E-state index in [1.165, 1.54) is 18.0 Å². The SMILES string of the molecule is CCNC(C)(CC(C)Sc1ncco1)C(N)=O. The van der Waals surface area contributed by atoms with E-state index >= 15 is 0 Å². The Bertz CT molecular complexity index is 356. The zero-order chi connectivity index (χ0) is 12.9. The van der Waals surface area contributed by atoms with E-state index in [2.05, 4.69) is 10.3 Å². The molecule has 0 saturated carbocycles. The lowest BCUT2D eigenvalue weighted by molar-refractivity contribution is -0.124. The fourth-order valence-electron chi connectivity index (χ4n) is 1.71. The van der Waals surface area contributed by atoms with Gasteiger partial charge in [0.25, 0.3) is 5.22 Å². The second-order valence-electron chi connectivity index (χ2n) is 4.16. The molecule has 1 amide bonds. The highest BCUT2D eigenvalue weighted by atomic mass is 32.2. The van der Waals surface area contributed by atoms with Gasteiger partial charge in [0.1, 0.15) is 6.26 Å². The number of oxazole rings is 1. The molecule has 0 aliphatic rings. The van der Waals surface area contributed by atoms with Crippen LogP contribution in [0, 0.1) is 0 Å². The number of carbonyl (C=O) groups is 1. The van der Waals surface area contributed by atoms with Crippen LogP contribution in [0.3, 0.4) is 0 Å². The van der Waals surface area contributed by atoms with Gasteiger partial charge < -0.3 is 15.5 Å². The maximum atomic E-state index is 11.5. The molecule has 1 aromatic heterocycles. The van der Waals surface area contributed by atoms with E-state index in [0.29, 0.717) is 18.2 Å². The normalized spacial score (nSPS) is 16.4. The van der Waals surface area contributed by atoms with Crippen molar-refractivity contribution in [2.24, 2.45) is 5.73 Å². The lowest BCUT2D eigenvalue weighted by atomic mass is 9.95. The van der Waals surface area contributed by atoms with Crippen LogP contribution in [-0.4, -0.2) is 28.2 Å². The summed E-state index contributed by atoms with van der Waals surface area (Å²) in [7, 11) is 0. The van der Waals surface area contributed by atoms with Crippen LogP contribution in [0.15, 0.2) is 22.1 Å². The molecule has 1 aromatic rings. The number of hydrogen-bond donors (Lipinski definition) is 2. The highest BCUT2D eigenvalue weighted by Gasteiger charge is 2.32. The van der Waals surface area contributed by atoms with Gasteiger partial charge in [0.2, 0.25) is 5.91 Å². The Morgan fingerprint density at radius 3 is 2.94 bits per heavy atom. The van der Waals surface area contributed by atoms with E-state index in [1.807, 2.05) is 20.8 Å². The minimum Gasteiger partial charge on any atom is -0.440 e. The molecule has 0 fully saturated rings. The highest BCUT2D eigenvalue weighted by Crippen LogP contribution is 2.27. The quantitative estimate of drug-likeness (QED) is 0.722. The average molecular weight is 257 g/mol. The van der Waals surface area contributed by atoms with Gasteiger partial charge in [0, 0.05) is 5.25 Å². The van der Waals surface area contributed by atoms with Crippen LogP contribution in [0.25, 0.3) is 0 Å². The van der Waals surface area contributed by atoms with Crippen LogP contribution in [0.4, 0.5) is 0 Å². The van der Waals surface area contributed by atoms with Gasteiger partial charge in [-0.25, -0.2) is 4.98 Å². The average Bonchev–Trinajstić information content (AvgIpc) is 2.70. The summed E-state index contributed by atoms with van der Waals surface area (Å²) >= 11 is 1.49. The van der Waals surface area contributed by atoms with E-state index in [4.69, 9.17) is 10.2 Å². The van der Waals surface area contributed by atoms with Crippen molar-refractivity contribution in [1.82, 2.24) is 10.3 Å². The third kappa shape index (κ3) is 4.05. The Labute approximate surface area is 106 Å². The Morgan fingerprint density at radius 1 is 1.76 bits per heavy atom. The molecule has 2 unspecified atom stereocenters. The molecule has 96 valence electrons. The maximum Gasteiger partial charge on any atom is 0.255 e. The lowest BCUT2D eigenvalue weighted by Crippen LogP contribution is -2.54. The smallest absolute Gasteiger partial charge is 0.255 e. The third-order valence-corrected chi connectivity index (χ3v) is 3.49. The Hall–Kier alpha value is -1.01. The molecule has 2 atom stereocenters. The van der Waals surface area contributed by atoms with Gasteiger partial charge in [-0.3, -0.25) is 4.79 Å². The van der Waals surface area contributed by atoms with Crippen LogP contribution >= 0.6 is 11.8 Å². The Kier molecular flexibility index (Phi) is 5.02. The van der Waals surface area contributed by atoms with Crippen molar-refractivity contribution in [3.8, 4) is 0 Å². The van der Waals surface area contributed by atoms with Gasteiger partial charge in [0.05, 0.1) is 11.7 Å². The summed E-state index contributed by atoms with van der Waals surface area (Å²) in [6.07, 6.45) is 3.77. The van der Waals surface area contributed by atoms with Crippen molar-refractivity contribution in [2.75, 3.05) is 6.54 Å². The number of primary amides is 1. The first kappa shape index (κ1) is 14.1. The van der Waals surface area contributed by atoms with Crippen LogP contribution < -0.4 is 11.1 Å². The van der Waals surface area contributed by atoms with Gasteiger partial charge in [-0.1, -0.05) is 25.6 Å². The molecular weight excluding hydrogens is 238 g/mol. The zero-order valence-corrected chi connectivity index (χ0v) is 11.2. The number of nitrogens with zero attached hydrogens (tertiary/aromatic N) is 1. The Balaban J connectivity index is 2.58. The number of aromatic nitrogens is 1. The van der Waals surface area contributed by atoms with E-state index < -0.39 is 5.54 Å². The summed E-state index contributed by atoms with van der Waals surface area (Å²) in [6.45, 7) is 6.50. The van der Waals surface area contributed by atoms with Crippen molar-refractivity contribution < 1.29 is 9.21 Å². The van der Waals surface area contributed by atoms with Crippen LogP contribution in [0.1, 0.15) is 27.2 Å². The molecule has 17 heavy (non-hydrogen) atoms. The number of nitrogens with two attached hydrogens (primary N) is 1. The van der Waals surface area contributed by atoms with Crippen molar-refractivity contribution >= 4 is 17.7 Å². The van der Waals surface area contributed by atoms with Crippen LogP contribution in [0.2, 0.25) is 0 Å². The van der Waals surface area contributed by atoms with E-state index in [0.717, 1.165) is 0 Å². The van der Waals surface area contributed by atoms with Gasteiger partial charge in [-0.2, -0.15) is 0 Å². The molecule has 1 rings (SSSR count). The van der Waals surface area contributed by atoms with Gasteiger partial charge >= 0.3 is 0 Å². The zero-order valence-electron chi connectivity index (χ0n) is 10.4. The van der Waals surface area contributed by atoms with Crippen LogP contribution in [0.5, 0.6) is 0 Å². The summed E-state index contributed by atoms with van der Waals surface area (Å²) in [5.74, 6) is -0.334. The molecule has 0 spiro atoms. The first-order chi connectivity index (χ1) is 7.98. The minimum absolute atomic E-state index is 0.185. The summed E-state index contributed by atoms with van der Waals surface area (Å²) in [5, 5.41) is 3.93. The molecule has 0 saturated heterocycles. The first-order valence-electron chi connectivity index (χ1n) is 5.59. The molecule has 0 aromatic carbocycles. The number of hydrogen-bond acceptors (Lipinski definition) is 5. The molecule has 3 N–H and O–H groups in total. The maximum absolute atomic E-state index is 11.5. The van der Waals surface area contributed by atoms with Crippen molar-refractivity contribution in [3.63, 3.8) is 0 Å². The van der Waals surface area contributed by atoms with Crippen molar-refractivity contribution in [2.45, 2.75) is 43.2 Å². The monoisotopic (exact) mass is 257 g/mol. The number of amides is 1. The summed E-state index contributed by atoms with van der Waals surface area (Å²) in [6, 6.07) is 0. The number of nitrogens with one attached hydrogen (secondary N) is 1. The van der Waals surface area contributed by atoms with Gasteiger partial charge in [-0.15, -0.1) is 0 Å². The predicted molar refractivity (Wildman–Crippen MR) is 67.7 cm³/mol. The van der Waals surface area contributed by atoms with Crippen LogP contribution in [-0.2, 0) is 4.79 Å². The van der Waals surface area contributed by atoms with Gasteiger partial charge in [0.15, 0.2) is 0 Å². The predicted octanol–water partition coefficient (Wildman–Crippen LogP) is 1.40. The molecule has 0 bridgehead atoms. The minimum atomic E-state index is -0.687. The number of rotatable bonds is 7. The summed E-state index contributed by atoms with van der Waals surface area (Å²) < 4.78 is 5.15. The second-order valence-corrected chi connectivity index (χ2v) is 5.55. The number of likely N-dealkylation sites (N-methyl/N-ethyl adjacent to an activating group) is 1. The van der Waals surface area contributed by atoms with Crippen molar-refractivity contribution in [1.29, 1.82) is 0 Å². The standard InChI is InChI=1S/C11H19N3O2S/c1-4-14-11(3,9(12)15)7-8(2)17-10-13-5-6-16-10/h5-6,8,14H,4,7H2,1-3H3,(H2,12,15). The van der Waals surface area contributed by atoms with Gasteiger partial charge in [-0.05, 0) is 19.9 Å². The van der Waals surface area contributed by atoms with E-state index in [9.17, 15) is 4.79 Å². The lowest BCUT2D eigenvalue weighted by Gasteiger charge is -2.29. The molecule has 5 nitrogen and oxygen atoms in total. The largest absolute Gasteiger partial charge is 0.440 e. The fraction of sp³-hybridized carbons (Fsp3) is 0.636. The molecule has 0 aliphatic carbocycles. The Morgan fingerprint density at radius 2 is 2.47 bits per heavy atom. The fourth-order valence-corrected chi connectivity index (χ4v) is 2.70. The highest BCUT2D eigenvalue weighted by molar-refractivity contribution is 7.99. The summed E-state index contributed by atoms with van der Waals surface area (Å²) in [5.41, 5.74) is 4.74. The molecule has 0 radical (unpaired) electrons. The second kappa shape index (κ2) is 6.07. The first-order valence-corrected chi connectivity index (χ1v) is 6.47. The third-order valence-electron chi connectivity index (χ3n) is 2.52. The molecule has 0 aliphatic heterocycles. The number of carbonyl (C=O) groups excluding carboxylic acids is 1.